The minimum absolute atomic E-state index is 0.0670. The molecule has 1 aliphatic rings. The second kappa shape index (κ2) is 10.3. The van der Waals surface area contributed by atoms with Crippen LogP contribution in [0.5, 0.6) is 5.75 Å². The van der Waals surface area contributed by atoms with Crippen molar-refractivity contribution in [3.63, 3.8) is 0 Å². The van der Waals surface area contributed by atoms with E-state index < -0.39 is 18.6 Å². The average Bonchev–Trinajstić information content (AvgIpc) is 3.34. The van der Waals surface area contributed by atoms with Crippen molar-refractivity contribution >= 4 is 39.9 Å². The number of aromatic amines is 1. The summed E-state index contributed by atoms with van der Waals surface area (Å²) in [6.07, 6.45) is -4.49. The van der Waals surface area contributed by atoms with Crippen molar-refractivity contribution in [1.29, 1.82) is 0 Å². The van der Waals surface area contributed by atoms with Crippen LogP contribution in [0.4, 0.5) is 44.8 Å². The molecule has 41 heavy (non-hydrogen) atoms. The predicted octanol–water partition coefficient (Wildman–Crippen LogP) is 9.62. The molecule has 1 aliphatic heterocycles. The van der Waals surface area contributed by atoms with Gasteiger partial charge >= 0.3 is 6.18 Å². The molecule has 4 nitrogen and oxygen atoms in total. The Morgan fingerprint density at radius 3 is 2.29 bits per heavy atom. The Labute approximate surface area is 232 Å². The van der Waals surface area contributed by atoms with Crippen LogP contribution in [0.15, 0.2) is 97.1 Å². The quantitative estimate of drug-likeness (QED) is 0.203. The second-order valence-corrected chi connectivity index (χ2v) is 9.62. The number of alkyl halides is 5. The first kappa shape index (κ1) is 26.4. The second-order valence-electron chi connectivity index (χ2n) is 9.62. The molecule has 0 aliphatic carbocycles. The van der Waals surface area contributed by atoms with Crippen LogP contribution < -0.4 is 15.0 Å². The van der Waals surface area contributed by atoms with Crippen LogP contribution in [-0.2, 0) is 0 Å². The fraction of sp³-hybridized carbons (Fsp3) is 0.125. The zero-order valence-electron chi connectivity index (χ0n) is 21.7. The van der Waals surface area contributed by atoms with Gasteiger partial charge in [0.15, 0.2) is 0 Å². The Bertz CT molecular complexity index is 1720. The Kier molecular flexibility index (Phi) is 6.65. The molecule has 0 saturated heterocycles. The number of ether oxygens (including phenoxy) is 1. The maximum absolute atomic E-state index is 14.1. The minimum atomic E-state index is -4.51. The summed E-state index contributed by atoms with van der Waals surface area (Å²) in [7, 11) is 1.48. The highest BCUT2D eigenvalue weighted by Crippen LogP contribution is 2.44. The third kappa shape index (κ3) is 4.88. The number of halogens is 5. The number of anilines is 4. The van der Waals surface area contributed by atoms with E-state index in [0.717, 1.165) is 28.1 Å². The lowest BCUT2D eigenvalue weighted by atomic mass is 10.00. The maximum Gasteiger partial charge on any atom is 0.412 e. The van der Waals surface area contributed by atoms with E-state index >= 15 is 0 Å². The summed E-state index contributed by atoms with van der Waals surface area (Å²) < 4.78 is 74.0. The number of nitrogens with one attached hydrogen (secondary N) is 2. The van der Waals surface area contributed by atoms with Crippen molar-refractivity contribution in [3.05, 3.63) is 108 Å². The first-order chi connectivity index (χ1) is 19.7. The number of benzene rings is 4. The average molecular weight is 562 g/mol. The smallest absolute Gasteiger partial charge is 0.412 e. The van der Waals surface area contributed by atoms with Gasteiger partial charge in [-0.05, 0) is 48.0 Å². The van der Waals surface area contributed by atoms with Gasteiger partial charge in [0.2, 0.25) is 0 Å². The summed E-state index contributed by atoms with van der Waals surface area (Å²) in [5.74, 6) is 1.11. The molecule has 0 amide bonds. The molecule has 0 fully saturated rings. The lowest BCUT2D eigenvalue weighted by Crippen LogP contribution is -2.43. The summed E-state index contributed by atoms with van der Waals surface area (Å²) in [5.41, 5.74) is 4.26. The molecule has 0 radical (unpaired) electrons. The van der Waals surface area contributed by atoms with Crippen molar-refractivity contribution in [3.8, 4) is 16.9 Å². The van der Waals surface area contributed by atoms with Crippen molar-refractivity contribution in [1.82, 2.24) is 4.98 Å². The molecule has 1 unspecified atom stereocenters. The molecule has 4 aromatic carbocycles. The van der Waals surface area contributed by atoms with E-state index in [9.17, 15) is 22.0 Å². The third-order valence-corrected chi connectivity index (χ3v) is 7.15. The summed E-state index contributed by atoms with van der Waals surface area (Å²) in [5, 5.41) is 4.23. The van der Waals surface area contributed by atoms with Gasteiger partial charge in [-0.3, -0.25) is 0 Å². The van der Waals surface area contributed by atoms with E-state index in [-0.39, 0.29) is 5.56 Å². The van der Waals surface area contributed by atoms with E-state index in [1.807, 2.05) is 24.3 Å². The Morgan fingerprint density at radius 2 is 1.61 bits per heavy atom. The molecule has 2 heterocycles. The standard InChI is InChI=1S/C32H24F5N3O/c1-41-27-8-4-7-26-24(27)17-18-28(32(35,36)37)40(26)22-15-13-21(14-16-22)38-31-29(23-5-2-3-6-25(23)39-31)19-9-11-20(12-10-19)30(33)34/h2-18,28,30,38-39H,1H3. The molecule has 5 aromatic rings. The summed E-state index contributed by atoms with van der Waals surface area (Å²) in [6.45, 7) is 0. The van der Waals surface area contributed by atoms with Crippen LogP contribution in [0.25, 0.3) is 28.1 Å². The molecule has 208 valence electrons. The number of methoxy groups -OCH3 is 1. The molecule has 0 bridgehead atoms. The van der Waals surface area contributed by atoms with Gasteiger partial charge in [0.05, 0.1) is 12.8 Å². The Balaban J connectivity index is 1.37. The third-order valence-electron chi connectivity index (χ3n) is 7.15. The van der Waals surface area contributed by atoms with Crippen molar-refractivity contribution < 1.29 is 26.7 Å². The number of para-hydroxylation sites is 1. The minimum Gasteiger partial charge on any atom is -0.496 e. The highest BCUT2D eigenvalue weighted by atomic mass is 19.4. The highest BCUT2D eigenvalue weighted by Gasteiger charge is 2.45. The van der Waals surface area contributed by atoms with E-state index in [1.165, 1.54) is 30.2 Å². The van der Waals surface area contributed by atoms with Crippen molar-refractivity contribution in [2.75, 3.05) is 17.3 Å². The monoisotopic (exact) mass is 561 g/mol. The van der Waals surface area contributed by atoms with Crippen LogP contribution in [0.1, 0.15) is 17.6 Å². The molecule has 1 atom stereocenters. The number of H-pyrrole nitrogens is 1. The molecular weight excluding hydrogens is 537 g/mol. The summed E-state index contributed by atoms with van der Waals surface area (Å²) >= 11 is 0. The number of hydrogen-bond acceptors (Lipinski definition) is 3. The van der Waals surface area contributed by atoms with E-state index in [1.54, 1.807) is 54.6 Å². The zero-order valence-corrected chi connectivity index (χ0v) is 21.7. The van der Waals surface area contributed by atoms with Gasteiger partial charge in [-0.25, -0.2) is 8.78 Å². The highest BCUT2D eigenvalue weighted by molar-refractivity contribution is 6.03. The number of aromatic nitrogens is 1. The fourth-order valence-corrected chi connectivity index (χ4v) is 5.25. The molecule has 0 spiro atoms. The predicted molar refractivity (Wildman–Crippen MR) is 152 cm³/mol. The Hall–Kier alpha value is -4.79. The van der Waals surface area contributed by atoms with Crippen molar-refractivity contribution in [2.45, 2.75) is 18.6 Å². The lowest BCUT2D eigenvalue weighted by Gasteiger charge is -2.37. The van der Waals surface area contributed by atoms with Crippen LogP contribution >= 0.6 is 0 Å². The van der Waals surface area contributed by atoms with Crippen LogP contribution in [0.2, 0.25) is 0 Å². The maximum atomic E-state index is 14.1. The summed E-state index contributed by atoms with van der Waals surface area (Å²) in [4.78, 5) is 4.59. The van der Waals surface area contributed by atoms with Gasteiger partial charge in [0.25, 0.3) is 6.43 Å². The molecule has 2 N–H and O–H groups in total. The van der Waals surface area contributed by atoms with Crippen LogP contribution in [-0.4, -0.2) is 24.3 Å². The van der Waals surface area contributed by atoms with E-state index in [4.69, 9.17) is 4.74 Å². The van der Waals surface area contributed by atoms with Crippen LogP contribution in [0, 0.1) is 0 Å². The topological polar surface area (TPSA) is 40.3 Å². The molecule has 6 rings (SSSR count). The van der Waals surface area contributed by atoms with E-state index in [0.29, 0.717) is 34.2 Å². The van der Waals surface area contributed by atoms with Gasteiger partial charge in [-0.15, -0.1) is 0 Å². The number of rotatable bonds is 6. The molecule has 0 saturated carbocycles. The van der Waals surface area contributed by atoms with Gasteiger partial charge in [-0.1, -0.05) is 60.7 Å². The van der Waals surface area contributed by atoms with Crippen molar-refractivity contribution in [2.24, 2.45) is 0 Å². The SMILES string of the molecule is COc1cccc2c1C=CC(C(F)(F)F)N2c1ccc(Nc2[nH]c3ccccc3c2-c2ccc(C(F)F)cc2)cc1. The molecule has 1 aromatic heterocycles. The van der Waals surface area contributed by atoms with E-state index in [2.05, 4.69) is 10.3 Å². The fourth-order valence-electron chi connectivity index (χ4n) is 5.25. The largest absolute Gasteiger partial charge is 0.496 e. The number of hydrogen-bond donors (Lipinski definition) is 2. The molecular formula is C32H24F5N3O. The molecule has 9 heteroatoms. The number of fused-ring (bicyclic) bond motifs is 2. The van der Waals surface area contributed by atoms with Gasteiger partial charge in [0.1, 0.15) is 17.6 Å². The normalized spacial score (nSPS) is 14.9. The van der Waals surface area contributed by atoms with Gasteiger partial charge in [-0.2, -0.15) is 13.2 Å². The van der Waals surface area contributed by atoms with Gasteiger partial charge in [0, 0.05) is 39.0 Å². The zero-order chi connectivity index (χ0) is 28.7. The lowest BCUT2D eigenvalue weighted by molar-refractivity contribution is -0.136. The summed E-state index contributed by atoms with van der Waals surface area (Å²) in [6, 6.07) is 23.6. The van der Waals surface area contributed by atoms with Crippen LogP contribution in [0.3, 0.4) is 0 Å². The number of nitrogens with zero attached hydrogens (tertiary/aromatic N) is 1. The Morgan fingerprint density at radius 1 is 0.878 bits per heavy atom. The first-order valence-corrected chi connectivity index (χ1v) is 12.8. The van der Waals surface area contributed by atoms with Gasteiger partial charge < -0.3 is 19.9 Å². The first-order valence-electron chi connectivity index (χ1n) is 12.8.